The number of nitrogens with one attached hydrogen (secondary N) is 1. The van der Waals surface area contributed by atoms with Crippen LogP contribution < -0.4 is 10.5 Å². The molecule has 0 fully saturated rings. The summed E-state index contributed by atoms with van der Waals surface area (Å²) in [4.78, 5) is 4.45. The van der Waals surface area contributed by atoms with Crippen molar-refractivity contribution in [1.82, 2.24) is 4.98 Å². The molecule has 0 saturated carbocycles. The second-order valence-corrected chi connectivity index (χ2v) is 4.50. The maximum atomic E-state index is 7.63. The van der Waals surface area contributed by atoms with Gasteiger partial charge in [0.1, 0.15) is 5.84 Å². The van der Waals surface area contributed by atoms with Crippen molar-refractivity contribution < 1.29 is 4.74 Å². The zero-order valence-corrected chi connectivity index (χ0v) is 11.1. The van der Waals surface area contributed by atoms with Gasteiger partial charge in [0.2, 0.25) is 5.88 Å². The fourth-order valence-electron chi connectivity index (χ4n) is 1.92. The minimum Gasteiger partial charge on any atom is -0.477 e. The Morgan fingerprint density at radius 2 is 2.11 bits per heavy atom. The number of hydrogen-bond donors (Lipinski definition) is 2. The minimum absolute atomic E-state index is 0.0104. The van der Waals surface area contributed by atoms with Gasteiger partial charge in [-0.3, -0.25) is 5.41 Å². The standard InChI is InChI=1S/C15H19N3O/c1-2-3-6-9-19-15-12(14(16)17)10-11-7-4-5-8-13(11)18-15/h4-5,7-8,10H,2-3,6,9H2,1H3,(H3,16,17). The Morgan fingerprint density at radius 1 is 1.32 bits per heavy atom. The van der Waals surface area contributed by atoms with E-state index in [0.29, 0.717) is 18.1 Å². The molecule has 0 aliphatic heterocycles. The first-order valence-electron chi connectivity index (χ1n) is 6.59. The van der Waals surface area contributed by atoms with Crippen LogP contribution in [0.25, 0.3) is 10.9 Å². The number of hydrogen-bond acceptors (Lipinski definition) is 3. The van der Waals surface area contributed by atoms with Gasteiger partial charge in [-0.15, -0.1) is 0 Å². The fourth-order valence-corrected chi connectivity index (χ4v) is 1.92. The quantitative estimate of drug-likeness (QED) is 0.474. The lowest BCUT2D eigenvalue weighted by atomic mass is 10.1. The van der Waals surface area contributed by atoms with Crippen LogP contribution in [-0.4, -0.2) is 17.4 Å². The van der Waals surface area contributed by atoms with Crippen molar-refractivity contribution in [2.75, 3.05) is 6.61 Å². The third kappa shape index (κ3) is 3.22. The summed E-state index contributed by atoms with van der Waals surface area (Å²) in [6, 6.07) is 9.62. The summed E-state index contributed by atoms with van der Waals surface area (Å²) < 4.78 is 5.68. The molecule has 19 heavy (non-hydrogen) atoms. The van der Waals surface area contributed by atoms with Crippen LogP contribution in [-0.2, 0) is 0 Å². The molecule has 0 aliphatic carbocycles. The van der Waals surface area contributed by atoms with Crippen molar-refractivity contribution in [2.45, 2.75) is 26.2 Å². The van der Waals surface area contributed by atoms with Crippen molar-refractivity contribution in [3.8, 4) is 5.88 Å². The Hall–Kier alpha value is -2.10. The maximum Gasteiger partial charge on any atom is 0.225 e. The van der Waals surface area contributed by atoms with Crippen LogP contribution in [0.5, 0.6) is 5.88 Å². The van der Waals surface area contributed by atoms with E-state index in [0.717, 1.165) is 30.2 Å². The van der Waals surface area contributed by atoms with Crippen molar-refractivity contribution in [2.24, 2.45) is 5.73 Å². The highest BCUT2D eigenvalue weighted by Gasteiger charge is 2.10. The molecule has 0 amide bonds. The number of unbranched alkanes of at least 4 members (excludes halogenated alkanes) is 2. The van der Waals surface area contributed by atoms with Gasteiger partial charge in [0.25, 0.3) is 0 Å². The van der Waals surface area contributed by atoms with Crippen molar-refractivity contribution >= 4 is 16.7 Å². The zero-order chi connectivity index (χ0) is 13.7. The molecule has 100 valence electrons. The molecule has 1 aromatic carbocycles. The van der Waals surface area contributed by atoms with Gasteiger partial charge < -0.3 is 10.5 Å². The Kier molecular flexibility index (Phi) is 4.34. The third-order valence-corrected chi connectivity index (χ3v) is 2.97. The predicted octanol–water partition coefficient (Wildman–Crippen LogP) is 3.09. The summed E-state index contributed by atoms with van der Waals surface area (Å²) in [7, 11) is 0. The van der Waals surface area contributed by atoms with Gasteiger partial charge in [-0.1, -0.05) is 38.0 Å². The number of ether oxygens (including phenoxy) is 1. The van der Waals surface area contributed by atoms with E-state index in [4.69, 9.17) is 15.9 Å². The molecule has 0 aliphatic rings. The molecule has 2 aromatic rings. The molecule has 0 unspecified atom stereocenters. The second kappa shape index (κ2) is 6.18. The number of rotatable bonds is 6. The second-order valence-electron chi connectivity index (χ2n) is 4.50. The van der Waals surface area contributed by atoms with Gasteiger partial charge in [0.05, 0.1) is 17.7 Å². The summed E-state index contributed by atoms with van der Waals surface area (Å²) in [6.45, 7) is 2.76. The van der Waals surface area contributed by atoms with Crippen LogP contribution in [0, 0.1) is 5.41 Å². The van der Waals surface area contributed by atoms with Gasteiger partial charge in [-0.05, 0) is 18.6 Å². The Balaban J connectivity index is 2.28. The third-order valence-electron chi connectivity index (χ3n) is 2.97. The average molecular weight is 257 g/mol. The first kappa shape index (κ1) is 13.3. The molecule has 4 nitrogen and oxygen atoms in total. The first-order valence-corrected chi connectivity index (χ1v) is 6.59. The average Bonchev–Trinajstić information content (AvgIpc) is 2.42. The first-order chi connectivity index (χ1) is 9.22. The lowest BCUT2D eigenvalue weighted by Crippen LogP contribution is -2.14. The lowest BCUT2D eigenvalue weighted by Gasteiger charge is -2.10. The van der Waals surface area contributed by atoms with E-state index in [1.807, 2.05) is 30.3 Å². The summed E-state index contributed by atoms with van der Waals surface area (Å²) in [5.74, 6) is 0.450. The maximum absolute atomic E-state index is 7.63. The largest absolute Gasteiger partial charge is 0.477 e. The normalized spacial score (nSPS) is 10.6. The number of nitrogens with zero attached hydrogens (tertiary/aromatic N) is 1. The molecule has 0 spiro atoms. The van der Waals surface area contributed by atoms with E-state index in [9.17, 15) is 0 Å². The minimum atomic E-state index is -0.0104. The number of nitrogen functional groups attached to an aromatic ring is 1. The van der Waals surface area contributed by atoms with Crippen LogP contribution >= 0.6 is 0 Å². The Bertz CT molecular complexity index is 581. The zero-order valence-electron chi connectivity index (χ0n) is 11.1. The van der Waals surface area contributed by atoms with Gasteiger partial charge in [0.15, 0.2) is 0 Å². The van der Waals surface area contributed by atoms with Crippen LogP contribution in [0.4, 0.5) is 0 Å². The van der Waals surface area contributed by atoms with E-state index >= 15 is 0 Å². The molecular weight excluding hydrogens is 238 g/mol. The highest BCUT2D eigenvalue weighted by molar-refractivity contribution is 6.00. The predicted molar refractivity (Wildman–Crippen MR) is 77.8 cm³/mol. The van der Waals surface area contributed by atoms with E-state index in [-0.39, 0.29) is 5.84 Å². The van der Waals surface area contributed by atoms with E-state index < -0.39 is 0 Å². The number of pyridine rings is 1. The molecule has 0 saturated heterocycles. The smallest absolute Gasteiger partial charge is 0.225 e. The monoisotopic (exact) mass is 257 g/mol. The van der Waals surface area contributed by atoms with Gasteiger partial charge in [0, 0.05) is 5.39 Å². The molecule has 4 heteroatoms. The summed E-state index contributed by atoms with van der Waals surface area (Å²) >= 11 is 0. The van der Waals surface area contributed by atoms with Crippen LogP contribution in [0.2, 0.25) is 0 Å². The SMILES string of the molecule is CCCCCOc1nc2ccccc2cc1C(=N)N. The molecule has 0 radical (unpaired) electrons. The van der Waals surface area contributed by atoms with Gasteiger partial charge in [-0.2, -0.15) is 0 Å². The number of benzene rings is 1. The van der Waals surface area contributed by atoms with Crippen LogP contribution in [0.3, 0.4) is 0 Å². The highest BCUT2D eigenvalue weighted by atomic mass is 16.5. The highest BCUT2D eigenvalue weighted by Crippen LogP contribution is 2.22. The topological polar surface area (TPSA) is 72.0 Å². The van der Waals surface area contributed by atoms with Crippen molar-refractivity contribution in [3.63, 3.8) is 0 Å². The molecule has 1 heterocycles. The number of aromatic nitrogens is 1. The van der Waals surface area contributed by atoms with E-state index in [1.54, 1.807) is 0 Å². The number of fused-ring (bicyclic) bond motifs is 1. The summed E-state index contributed by atoms with van der Waals surface area (Å²) in [5, 5.41) is 8.59. The number of amidine groups is 1. The molecular formula is C15H19N3O. The van der Waals surface area contributed by atoms with Gasteiger partial charge >= 0.3 is 0 Å². The van der Waals surface area contributed by atoms with Crippen LogP contribution in [0.15, 0.2) is 30.3 Å². The van der Waals surface area contributed by atoms with E-state index in [2.05, 4.69) is 11.9 Å². The van der Waals surface area contributed by atoms with Gasteiger partial charge in [-0.25, -0.2) is 4.98 Å². The summed E-state index contributed by atoms with van der Waals surface area (Å²) in [6.07, 6.45) is 3.26. The Morgan fingerprint density at radius 3 is 2.84 bits per heavy atom. The fraction of sp³-hybridized carbons (Fsp3) is 0.333. The number of nitrogens with two attached hydrogens (primary N) is 1. The lowest BCUT2D eigenvalue weighted by molar-refractivity contribution is 0.295. The molecule has 2 rings (SSSR count). The molecule has 0 atom stereocenters. The van der Waals surface area contributed by atoms with E-state index in [1.165, 1.54) is 0 Å². The Labute approximate surface area is 113 Å². The van der Waals surface area contributed by atoms with Crippen LogP contribution in [0.1, 0.15) is 31.7 Å². The van der Waals surface area contributed by atoms with Crippen molar-refractivity contribution in [3.05, 3.63) is 35.9 Å². The molecule has 3 N–H and O–H groups in total. The molecule has 1 aromatic heterocycles. The van der Waals surface area contributed by atoms with Crippen molar-refractivity contribution in [1.29, 1.82) is 5.41 Å². The molecule has 0 bridgehead atoms. The number of para-hydroxylation sites is 1. The summed E-state index contributed by atoms with van der Waals surface area (Å²) in [5.41, 5.74) is 7.02.